The van der Waals surface area contributed by atoms with E-state index in [0.29, 0.717) is 37.3 Å². The monoisotopic (exact) mass is 493 g/mol. The number of phenols is 1. The van der Waals surface area contributed by atoms with Gasteiger partial charge in [0.15, 0.2) is 5.76 Å². The molecule has 0 amide bonds. The number of halogens is 2. The van der Waals surface area contributed by atoms with E-state index >= 15 is 0 Å². The van der Waals surface area contributed by atoms with Crippen LogP contribution in [-0.2, 0) is 0 Å². The molecule has 0 aliphatic carbocycles. The molecule has 5 aromatic rings. The lowest BCUT2D eigenvalue weighted by Gasteiger charge is -2.07. The number of phenolic OH excluding ortho intramolecular Hbond substituents is 1. The van der Waals surface area contributed by atoms with Crippen molar-refractivity contribution in [3.05, 3.63) is 92.1 Å². The quantitative estimate of drug-likeness (QED) is 0.321. The molecular weight excluding hydrogens is 482 g/mol. The van der Waals surface area contributed by atoms with E-state index in [-0.39, 0.29) is 17.1 Å². The van der Waals surface area contributed by atoms with Crippen molar-refractivity contribution < 1.29 is 9.52 Å². The largest absolute Gasteiger partial charge is 0.507 e. The number of hydrogen-bond donors (Lipinski definition) is 1. The molecule has 0 radical (unpaired) electrons. The van der Waals surface area contributed by atoms with Crippen LogP contribution in [0.5, 0.6) is 5.75 Å². The van der Waals surface area contributed by atoms with Gasteiger partial charge < -0.3 is 9.52 Å². The minimum atomic E-state index is -0.326. The van der Waals surface area contributed by atoms with Crippen LogP contribution in [0.1, 0.15) is 5.56 Å². The van der Waals surface area contributed by atoms with Crippen molar-refractivity contribution >= 4 is 55.6 Å². The molecule has 2 aromatic heterocycles. The predicted octanol–water partition coefficient (Wildman–Crippen LogP) is 5.81. The van der Waals surface area contributed by atoms with Gasteiger partial charge in [-0.1, -0.05) is 23.7 Å². The molecule has 0 saturated carbocycles. The molecule has 2 heterocycles. The van der Waals surface area contributed by atoms with Crippen LogP contribution < -0.4 is 5.56 Å². The first-order chi connectivity index (χ1) is 15.0. The normalized spacial score (nSPS) is 11.7. The minimum Gasteiger partial charge on any atom is -0.507 e. The summed E-state index contributed by atoms with van der Waals surface area (Å²) in [5.41, 5.74) is 1.53. The maximum Gasteiger partial charge on any atom is 0.282 e. The molecule has 0 bridgehead atoms. The number of fused-ring (bicyclic) bond motifs is 2. The van der Waals surface area contributed by atoms with Gasteiger partial charge in [0.2, 0.25) is 5.82 Å². The zero-order chi connectivity index (χ0) is 21.5. The molecule has 0 atom stereocenters. The summed E-state index contributed by atoms with van der Waals surface area (Å²) in [5.74, 6) is 0.776. The highest BCUT2D eigenvalue weighted by Gasteiger charge is 2.16. The number of rotatable bonds is 3. The Morgan fingerprint density at radius 1 is 1.10 bits per heavy atom. The number of nitrogens with zero attached hydrogens (tertiary/aromatic N) is 3. The molecule has 0 spiro atoms. The standard InChI is InChI=1S/C23H13BrClN3O3/c24-17-9-13(5-7-19(17)29)12-26-28-22(27-18-4-2-1-3-16(18)23(28)30)21-11-14-10-15(25)6-8-20(14)31-21/h1-12,29H. The first-order valence-electron chi connectivity index (χ1n) is 9.24. The van der Waals surface area contributed by atoms with Crippen LogP contribution >= 0.6 is 27.5 Å². The van der Waals surface area contributed by atoms with E-state index in [1.54, 1.807) is 54.6 Å². The van der Waals surface area contributed by atoms with Gasteiger partial charge in [-0.3, -0.25) is 4.79 Å². The second-order valence-electron chi connectivity index (χ2n) is 6.82. The number of hydrogen-bond acceptors (Lipinski definition) is 5. The SMILES string of the molecule is O=c1c2ccccc2nc(-c2cc3cc(Cl)ccc3o2)n1N=Cc1ccc(O)c(Br)c1. The summed E-state index contributed by atoms with van der Waals surface area (Å²) in [4.78, 5) is 17.9. The van der Waals surface area contributed by atoms with Crippen LogP contribution in [0.25, 0.3) is 33.5 Å². The summed E-state index contributed by atoms with van der Waals surface area (Å²) in [6, 6.07) is 19.1. The summed E-state index contributed by atoms with van der Waals surface area (Å²) in [5, 5.41) is 15.9. The van der Waals surface area contributed by atoms with Gasteiger partial charge in [0.25, 0.3) is 5.56 Å². The lowest BCUT2D eigenvalue weighted by Crippen LogP contribution is -2.20. The van der Waals surface area contributed by atoms with Gasteiger partial charge >= 0.3 is 0 Å². The van der Waals surface area contributed by atoms with Crippen LogP contribution in [0.2, 0.25) is 5.02 Å². The summed E-state index contributed by atoms with van der Waals surface area (Å²) in [6.07, 6.45) is 1.52. The zero-order valence-corrected chi connectivity index (χ0v) is 18.1. The number of aromatic nitrogens is 2. The van der Waals surface area contributed by atoms with Gasteiger partial charge in [0.1, 0.15) is 11.3 Å². The second kappa shape index (κ2) is 7.68. The van der Waals surface area contributed by atoms with Crippen molar-refractivity contribution in [2.24, 2.45) is 5.10 Å². The van der Waals surface area contributed by atoms with E-state index < -0.39 is 0 Å². The minimum absolute atomic E-state index is 0.114. The fraction of sp³-hybridized carbons (Fsp3) is 0. The molecule has 6 nitrogen and oxygen atoms in total. The van der Waals surface area contributed by atoms with Crippen molar-refractivity contribution in [3.63, 3.8) is 0 Å². The lowest BCUT2D eigenvalue weighted by atomic mass is 10.2. The highest BCUT2D eigenvalue weighted by Crippen LogP contribution is 2.29. The molecule has 0 aliphatic heterocycles. The zero-order valence-electron chi connectivity index (χ0n) is 15.8. The van der Waals surface area contributed by atoms with Gasteiger partial charge in [-0.2, -0.15) is 9.78 Å². The van der Waals surface area contributed by atoms with Crippen LogP contribution in [0.15, 0.2) is 85.5 Å². The van der Waals surface area contributed by atoms with Gasteiger partial charge in [-0.25, -0.2) is 4.98 Å². The molecule has 31 heavy (non-hydrogen) atoms. The highest BCUT2D eigenvalue weighted by molar-refractivity contribution is 9.10. The number of aromatic hydroxyl groups is 1. The Labute approximate surface area is 189 Å². The fourth-order valence-corrected chi connectivity index (χ4v) is 3.82. The van der Waals surface area contributed by atoms with Crippen molar-refractivity contribution in [2.45, 2.75) is 0 Å². The third-order valence-corrected chi connectivity index (χ3v) is 5.62. The van der Waals surface area contributed by atoms with Gasteiger partial charge in [-0.05, 0) is 76.1 Å². The maximum absolute atomic E-state index is 13.2. The summed E-state index contributed by atoms with van der Waals surface area (Å²) >= 11 is 9.37. The summed E-state index contributed by atoms with van der Waals surface area (Å²) < 4.78 is 7.68. The van der Waals surface area contributed by atoms with E-state index in [9.17, 15) is 9.90 Å². The second-order valence-corrected chi connectivity index (χ2v) is 8.11. The molecule has 0 aliphatic rings. The molecule has 1 N–H and O–H groups in total. The average molecular weight is 495 g/mol. The molecule has 5 rings (SSSR count). The Balaban J connectivity index is 1.73. The molecular formula is C23H13BrClN3O3. The number of para-hydroxylation sites is 1. The summed E-state index contributed by atoms with van der Waals surface area (Å²) in [6.45, 7) is 0. The van der Waals surface area contributed by atoms with Gasteiger partial charge in [0.05, 0.1) is 21.6 Å². The number of furan rings is 1. The van der Waals surface area contributed by atoms with Crippen molar-refractivity contribution in [3.8, 4) is 17.3 Å². The molecule has 8 heteroatoms. The first-order valence-corrected chi connectivity index (χ1v) is 10.4. The smallest absolute Gasteiger partial charge is 0.282 e. The van der Waals surface area contributed by atoms with Crippen molar-refractivity contribution in [1.82, 2.24) is 9.66 Å². The van der Waals surface area contributed by atoms with Crippen molar-refractivity contribution in [2.75, 3.05) is 0 Å². The first kappa shape index (κ1) is 19.5. The Hall–Kier alpha value is -3.42. The molecule has 0 saturated heterocycles. The molecule has 152 valence electrons. The molecule has 0 unspecified atom stereocenters. The Morgan fingerprint density at radius 3 is 2.77 bits per heavy atom. The molecule has 0 fully saturated rings. The Bertz CT molecular complexity index is 1560. The van der Waals surface area contributed by atoms with E-state index in [2.05, 4.69) is 26.0 Å². The average Bonchev–Trinajstić information content (AvgIpc) is 3.18. The van der Waals surface area contributed by atoms with E-state index in [0.717, 1.165) is 5.39 Å². The van der Waals surface area contributed by atoms with Crippen LogP contribution in [0.4, 0.5) is 0 Å². The Morgan fingerprint density at radius 2 is 1.94 bits per heavy atom. The third kappa shape index (κ3) is 3.62. The van der Waals surface area contributed by atoms with Crippen LogP contribution in [0.3, 0.4) is 0 Å². The number of benzene rings is 3. The molecule has 3 aromatic carbocycles. The lowest BCUT2D eigenvalue weighted by molar-refractivity contribution is 0.472. The maximum atomic E-state index is 13.2. The van der Waals surface area contributed by atoms with Gasteiger partial charge in [-0.15, -0.1) is 0 Å². The van der Waals surface area contributed by atoms with Crippen LogP contribution in [-0.4, -0.2) is 21.0 Å². The van der Waals surface area contributed by atoms with E-state index in [1.807, 2.05) is 6.07 Å². The summed E-state index contributed by atoms with van der Waals surface area (Å²) in [7, 11) is 0. The van der Waals surface area contributed by atoms with E-state index in [1.165, 1.54) is 17.0 Å². The topological polar surface area (TPSA) is 80.6 Å². The predicted molar refractivity (Wildman–Crippen MR) is 125 cm³/mol. The third-order valence-electron chi connectivity index (χ3n) is 4.75. The fourth-order valence-electron chi connectivity index (χ4n) is 3.24. The van der Waals surface area contributed by atoms with Crippen molar-refractivity contribution in [1.29, 1.82) is 0 Å². The Kier molecular flexibility index (Phi) is 4.84. The highest BCUT2D eigenvalue weighted by atomic mass is 79.9. The van der Waals surface area contributed by atoms with Gasteiger partial charge in [0, 0.05) is 10.4 Å². The van der Waals surface area contributed by atoms with Crippen LogP contribution in [0, 0.1) is 0 Å². The van der Waals surface area contributed by atoms with E-state index in [4.69, 9.17) is 16.0 Å².